The van der Waals surface area contributed by atoms with Crippen molar-refractivity contribution in [2.45, 2.75) is 18.6 Å². The Balaban J connectivity index is 2.04. The standard InChI is InChI=1S/C13H14N2O4S/c16-6-8-2-1-3-9(4-8)12(18)13(19)14-15-10(7-20)5-11(15)17/h1-4,6,10,12,18,20H,5,7H2,(H,14,19). The average molecular weight is 294 g/mol. The fourth-order valence-electron chi connectivity index (χ4n) is 1.92. The lowest BCUT2D eigenvalue weighted by molar-refractivity contribution is -0.158. The molecule has 7 heteroatoms. The maximum absolute atomic E-state index is 11.9. The van der Waals surface area contributed by atoms with Gasteiger partial charge in [-0.25, -0.2) is 5.01 Å². The molecule has 0 spiro atoms. The van der Waals surface area contributed by atoms with E-state index in [9.17, 15) is 19.5 Å². The van der Waals surface area contributed by atoms with Crippen molar-refractivity contribution in [3.63, 3.8) is 0 Å². The fourth-order valence-corrected chi connectivity index (χ4v) is 2.21. The number of β-lactam (4-membered cyclic amide) rings is 1. The normalized spacial score (nSPS) is 19.2. The molecule has 1 fully saturated rings. The van der Waals surface area contributed by atoms with Crippen LogP contribution in [0.2, 0.25) is 0 Å². The number of hydrazine groups is 1. The number of carbonyl (C=O) groups is 3. The van der Waals surface area contributed by atoms with Gasteiger partial charge in [0.2, 0.25) is 5.91 Å². The summed E-state index contributed by atoms with van der Waals surface area (Å²) in [6.45, 7) is 0. The number of carbonyl (C=O) groups excluding carboxylic acids is 3. The lowest BCUT2D eigenvalue weighted by Crippen LogP contribution is -2.62. The zero-order valence-corrected chi connectivity index (χ0v) is 11.4. The molecule has 0 bridgehead atoms. The number of aldehydes is 1. The highest BCUT2D eigenvalue weighted by Crippen LogP contribution is 2.19. The number of rotatable bonds is 5. The van der Waals surface area contributed by atoms with Gasteiger partial charge in [-0.3, -0.25) is 19.8 Å². The zero-order chi connectivity index (χ0) is 14.7. The van der Waals surface area contributed by atoms with Gasteiger partial charge in [-0.15, -0.1) is 0 Å². The quantitative estimate of drug-likeness (QED) is 0.408. The molecule has 1 aromatic carbocycles. The summed E-state index contributed by atoms with van der Waals surface area (Å²) in [5.74, 6) is -0.498. The number of thiol groups is 1. The third kappa shape index (κ3) is 2.83. The second-order valence-corrected chi connectivity index (χ2v) is 4.84. The van der Waals surface area contributed by atoms with Crippen LogP contribution in [-0.4, -0.2) is 40.0 Å². The van der Waals surface area contributed by atoms with E-state index < -0.39 is 12.0 Å². The van der Waals surface area contributed by atoms with Crippen molar-refractivity contribution < 1.29 is 19.5 Å². The summed E-state index contributed by atoms with van der Waals surface area (Å²) in [6, 6.07) is 5.94. The van der Waals surface area contributed by atoms with Crippen molar-refractivity contribution in [3.05, 3.63) is 35.4 Å². The summed E-state index contributed by atoms with van der Waals surface area (Å²) in [5, 5.41) is 11.1. The van der Waals surface area contributed by atoms with Crippen molar-refractivity contribution in [2.75, 3.05) is 5.75 Å². The molecule has 1 aromatic rings. The molecule has 1 saturated heterocycles. The Morgan fingerprint density at radius 1 is 1.60 bits per heavy atom. The maximum atomic E-state index is 11.9. The second kappa shape index (κ2) is 6.06. The van der Waals surface area contributed by atoms with Crippen molar-refractivity contribution in [3.8, 4) is 0 Å². The van der Waals surface area contributed by atoms with E-state index in [1.54, 1.807) is 12.1 Å². The van der Waals surface area contributed by atoms with Gasteiger partial charge in [0.05, 0.1) is 12.5 Å². The fraction of sp³-hybridized carbons (Fsp3) is 0.308. The number of aliphatic hydroxyl groups excluding tert-OH is 1. The van der Waals surface area contributed by atoms with Gasteiger partial charge < -0.3 is 5.11 Å². The van der Waals surface area contributed by atoms with Gasteiger partial charge in [0.1, 0.15) is 6.29 Å². The van der Waals surface area contributed by atoms with E-state index in [4.69, 9.17) is 0 Å². The second-order valence-electron chi connectivity index (χ2n) is 4.47. The molecule has 2 unspecified atom stereocenters. The van der Waals surface area contributed by atoms with Crippen LogP contribution in [0.4, 0.5) is 0 Å². The van der Waals surface area contributed by atoms with Crippen LogP contribution in [-0.2, 0) is 9.59 Å². The molecule has 0 radical (unpaired) electrons. The number of nitrogens with zero attached hydrogens (tertiary/aromatic N) is 1. The molecule has 2 N–H and O–H groups in total. The highest BCUT2D eigenvalue weighted by molar-refractivity contribution is 7.80. The Bertz CT molecular complexity index is 549. The number of benzene rings is 1. The Hall–Kier alpha value is -1.86. The van der Waals surface area contributed by atoms with E-state index in [-0.39, 0.29) is 11.9 Å². The van der Waals surface area contributed by atoms with Crippen molar-refractivity contribution in [1.29, 1.82) is 0 Å². The van der Waals surface area contributed by atoms with Crippen LogP contribution < -0.4 is 5.43 Å². The molecule has 2 atom stereocenters. The van der Waals surface area contributed by atoms with Gasteiger partial charge >= 0.3 is 0 Å². The largest absolute Gasteiger partial charge is 0.378 e. The van der Waals surface area contributed by atoms with Gasteiger partial charge in [0.15, 0.2) is 6.10 Å². The topological polar surface area (TPSA) is 86.7 Å². The number of amides is 2. The predicted molar refractivity (Wildman–Crippen MR) is 74.0 cm³/mol. The van der Waals surface area contributed by atoms with E-state index in [1.165, 1.54) is 17.1 Å². The summed E-state index contributed by atoms with van der Waals surface area (Å²) in [7, 11) is 0. The number of hydrogen-bond acceptors (Lipinski definition) is 5. The summed E-state index contributed by atoms with van der Waals surface area (Å²) >= 11 is 4.07. The summed E-state index contributed by atoms with van der Waals surface area (Å²) in [4.78, 5) is 33.9. The minimum atomic E-state index is -1.44. The summed E-state index contributed by atoms with van der Waals surface area (Å²) in [5.41, 5.74) is 3.02. The van der Waals surface area contributed by atoms with Crippen molar-refractivity contribution >= 4 is 30.7 Å². The van der Waals surface area contributed by atoms with Crippen LogP contribution in [0.25, 0.3) is 0 Å². The molecule has 6 nitrogen and oxygen atoms in total. The first-order valence-electron chi connectivity index (χ1n) is 6.03. The van der Waals surface area contributed by atoms with Gasteiger partial charge in [-0.2, -0.15) is 12.6 Å². The van der Waals surface area contributed by atoms with Gasteiger partial charge in [-0.1, -0.05) is 18.2 Å². The number of aliphatic hydroxyl groups is 1. The predicted octanol–water partition coefficient (Wildman–Crippen LogP) is 0.0944. The monoisotopic (exact) mass is 294 g/mol. The van der Waals surface area contributed by atoms with Crippen LogP contribution in [0.5, 0.6) is 0 Å². The molecular formula is C13H14N2O4S. The first-order valence-corrected chi connectivity index (χ1v) is 6.66. The van der Waals surface area contributed by atoms with Crippen LogP contribution in [0, 0.1) is 0 Å². The molecule has 20 heavy (non-hydrogen) atoms. The third-order valence-electron chi connectivity index (χ3n) is 3.10. The molecule has 2 rings (SSSR count). The van der Waals surface area contributed by atoms with E-state index in [0.717, 1.165) is 0 Å². The molecule has 0 aromatic heterocycles. The van der Waals surface area contributed by atoms with E-state index in [1.807, 2.05) is 0 Å². The summed E-state index contributed by atoms with van der Waals surface area (Å²) < 4.78 is 0. The van der Waals surface area contributed by atoms with Crippen molar-refractivity contribution in [2.24, 2.45) is 0 Å². The zero-order valence-electron chi connectivity index (χ0n) is 10.5. The molecular weight excluding hydrogens is 280 g/mol. The lowest BCUT2D eigenvalue weighted by Gasteiger charge is -2.39. The number of hydrogen-bond donors (Lipinski definition) is 3. The molecule has 106 valence electrons. The lowest BCUT2D eigenvalue weighted by atomic mass is 10.1. The van der Waals surface area contributed by atoms with Gasteiger partial charge in [0, 0.05) is 11.3 Å². The van der Waals surface area contributed by atoms with Gasteiger partial charge in [0.25, 0.3) is 5.91 Å². The highest BCUT2D eigenvalue weighted by Gasteiger charge is 2.37. The van der Waals surface area contributed by atoms with Crippen molar-refractivity contribution in [1.82, 2.24) is 10.4 Å². The van der Waals surface area contributed by atoms with E-state index >= 15 is 0 Å². The average Bonchev–Trinajstić information content (AvgIpc) is 2.49. The van der Waals surface area contributed by atoms with Crippen LogP contribution in [0.3, 0.4) is 0 Å². The highest BCUT2D eigenvalue weighted by atomic mass is 32.1. The Morgan fingerprint density at radius 3 is 2.95 bits per heavy atom. The minimum Gasteiger partial charge on any atom is -0.378 e. The first-order chi connectivity index (χ1) is 9.56. The van der Waals surface area contributed by atoms with E-state index in [0.29, 0.717) is 29.6 Å². The number of nitrogens with one attached hydrogen (secondary N) is 1. The Morgan fingerprint density at radius 2 is 2.35 bits per heavy atom. The molecule has 2 amide bonds. The maximum Gasteiger partial charge on any atom is 0.272 e. The molecule has 1 heterocycles. The SMILES string of the molecule is O=Cc1cccc(C(O)C(=O)NN2C(=O)CC2CS)c1. The molecule has 0 aliphatic carbocycles. The molecule has 1 aliphatic rings. The minimum absolute atomic E-state index is 0.150. The van der Waals surface area contributed by atoms with Crippen LogP contribution >= 0.6 is 12.6 Å². The summed E-state index contributed by atoms with van der Waals surface area (Å²) in [6.07, 6.45) is -0.478. The first kappa shape index (κ1) is 14.5. The smallest absolute Gasteiger partial charge is 0.272 e. The Kier molecular flexibility index (Phi) is 4.41. The van der Waals surface area contributed by atoms with Gasteiger partial charge in [-0.05, 0) is 11.6 Å². The van der Waals surface area contributed by atoms with E-state index in [2.05, 4.69) is 18.1 Å². The molecule has 0 saturated carbocycles. The van der Waals surface area contributed by atoms with Crippen LogP contribution in [0.1, 0.15) is 28.4 Å². The Labute approximate surface area is 121 Å². The van der Waals surface area contributed by atoms with Crippen LogP contribution in [0.15, 0.2) is 24.3 Å². The third-order valence-corrected chi connectivity index (χ3v) is 3.52. The molecule has 1 aliphatic heterocycles.